The Bertz CT molecular complexity index is 466. The normalized spacial score (nSPS) is 12.7. The van der Waals surface area contributed by atoms with Gasteiger partial charge in [0.15, 0.2) is 11.6 Å². The summed E-state index contributed by atoms with van der Waals surface area (Å²) < 4.78 is 1.54. The smallest absolute Gasteiger partial charge is 0.160 e. The molecule has 78 valence electrons. The number of halogens is 1. The Morgan fingerprint density at radius 3 is 2.80 bits per heavy atom. The van der Waals surface area contributed by atoms with Crippen LogP contribution in [-0.4, -0.2) is 24.7 Å². The third-order valence-electron chi connectivity index (χ3n) is 1.82. The van der Waals surface area contributed by atoms with Crippen LogP contribution in [0.2, 0.25) is 5.15 Å². The molecule has 7 heteroatoms. The van der Waals surface area contributed by atoms with Gasteiger partial charge in [-0.05, 0) is 6.92 Å². The molecule has 1 atom stereocenters. The molecular weight excluding hydrogens is 216 g/mol. The zero-order chi connectivity index (χ0) is 10.8. The van der Waals surface area contributed by atoms with Crippen molar-refractivity contribution in [1.82, 2.24) is 24.7 Å². The van der Waals surface area contributed by atoms with Crippen LogP contribution in [-0.2, 0) is 0 Å². The van der Waals surface area contributed by atoms with E-state index in [2.05, 4.69) is 20.1 Å². The van der Waals surface area contributed by atoms with Gasteiger partial charge in [-0.1, -0.05) is 11.6 Å². The molecule has 0 bridgehead atoms. The summed E-state index contributed by atoms with van der Waals surface area (Å²) in [5.74, 6) is 1.18. The Balaban J connectivity index is 2.49. The van der Waals surface area contributed by atoms with E-state index in [-0.39, 0.29) is 6.04 Å². The van der Waals surface area contributed by atoms with E-state index in [1.54, 1.807) is 6.07 Å². The van der Waals surface area contributed by atoms with Crippen molar-refractivity contribution in [2.24, 2.45) is 5.73 Å². The number of nitrogens with zero attached hydrogens (tertiary/aromatic N) is 5. The number of hydrogen-bond acceptors (Lipinski definition) is 5. The second-order valence-electron chi connectivity index (χ2n) is 3.02. The second kappa shape index (κ2) is 3.92. The topological polar surface area (TPSA) is 82.5 Å². The molecule has 0 unspecified atom stereocenters. The van der Waals surface area contributed by atoms with Crippen LogP contribution in [0.15, 0.2) is 18.7 Å². The Hall–Kier alpha value is -1.53. The van der Waals surface area contributed by atoms with Gasteiger partial charge in [-0.3, -0.25) is 0 Å². The van der Waals surface area contributed by atoms with Crippen LogP contribution in [0, 0.1) is 0 Å². The predicted octanol–water partition coefficient (Wildman–Crippen LogP) is 0.730. The highest BCUT2D eigenvalue weighted by Crippen LogP contribution is 2.12. The SMILES string of the molecule is C[C@H](N)c1ncnn1-c1cc(Cl)ncn1. The van der Waals surface area contributed by atoms with Gasteiger partial charge in [-0.25, -0.2) is 15.0 Å². The van der Waals surface area contributed by atoms with Crippen molar-refractivity contribution >= 4 is 11.6 Å². The first-order chi connectivity index (χ1) is 7.18. The number of aromatic nitrogens is 5. The van der Waals surface area contributed by atoms with Crippen molar-refractivity contribution in [2.45, 2.75) is 13.0 Å². The molecule has 0 aliphatic rings. The van der Waals surface area contributed by atoms with Gasteiger partial charge in [0.2, 0.25) is 0 Å². The third kappa shape index (κ3) is 1.95. The quantitative estimate of drug-likeness (QED) is 0.761. The molecule has 0 aliphatic heterocycles. The fourth-order valence-corrected chi connectivity index (χ4v) is 1.32. The summed E-state index contributed by atoms with van der Waals surface area (Å²) in [5, 5.41) is 4.38. The van der Waals surface area contributed by atoms with Gasteiger partial charge in [-0.15, -0.1) is 0 Å². The van der Waals surface area contributed by atoms with Crippen molar-refractivity contribution in [1.29, 1.82) is 0 Å². The van der Waals surface area contributed by atoms with Crippen LogP contribution >= 0.6 is 11.6 Å². The first-order valence-electron chi connectivity index (χ1n) is 4.32. The lowest BCUT2D eigenvalue weighted by Gasteiger charge is -2.06. The summed E-state index contributed by atoms with van der Waals surface area (Å²) in [6.07, 6.45) is 2.79. The second-order valence-corrected chi connectivity index (χ2v) is 3.40. The van der Waals surface area contributed by atoms with Gasteiger partial charge >= 0.3 is 0 Å². The zero-order valence-corrected chi connectivity index (χ0v) is 8.76. The van der Waals surface area contributed by atoms with E-state index in [0.717, 1.165) is 0 Å². The van der Waals surface area contributed by atoms with E-state index < -0.39 is 0 Å². The molecule has 2 N–H and O–H groups in total. The largest absolute Gasteiger partial charge is 0.322 e. The average molecular weight is 225 g/mol. The molecule has 0 saturated carbocycles. The molecule has 0 amide bonds. The van der Waals surface area contributed by atoms with Crippen LogP contribution in [0.5, 0.6) is 0 Å². The van der Waals surface area contributed by atoms with Gasteiger partial charge in [-0.2, -0.15) is 9.78 Å². The third-order valence-corrected chi connectivity index (χ3v) is 2.02. The van der Waals surface area contributed by atoms with Gasteiger partial charge in [0.25, 0.3) is 0 Å². The van der Waals surface area contributed by atoms with E-state index in [9.17, 15) is 0 Å². The Morgan fingerprint density at radius 1 is 1.33 bits per heavy atom. The van der Waals surface area contributed by atoms with E-state index in [1.165, 1.54) is 17.3 Å². The first kappa shape index (κ1) is 10.0. The van der Waals surface area contributed by atoms with Crippen molar-refractivity contribution in [3.05, 3.63) is 29.7 Å². The molecule has 0 spiro atoms. The summed E-state index contributed by atoms with van der Waals surface area (Å²) in [6.45, 7) is 1.82. The van der Waals surface area contributed by atoms with Crippen LogP contribution in [0.25, 0.3) is 5.82 Å². The maximum atomic E-state index is 5.75. The molecule has 2 rings (SSSR count). The molecule has 2 aromatic rings. The summed E-state index contributed by atoms with van der Waals surface area (Å²) in [4.78, 5) is 11.9. The van der Waals surface area contributed by atoms with E-state index in [1.807, 2.05) is 6.92 Å². The molecular formula is C8H9ClN6. The zero-order valence-electron chi connectivity index (χ0n) is 8.00. The molecule has 15 heavy (non-hydrogen) atoms. The molecule has 2 heterocycles. The van der Waals surface area contributed by atoms with Gasteiger partial charge in [0, 0.05) is 6.07 Å². The van der Waals surface area contributed by atoms with E-state index in [4.69, 9.17) is 17.3 Å². The van der Waals surface area contributed by atoms with Gasteiger partial charge < -0.3 is 5.73 Å². The fraction of sp³-hybridized carbons (Fsp3) is 0.250. The lowest BCUT2D eigenvalue weighted by Crippen LogP contribution is -2.14. The lowest BCUT2D eigenvalue weighted by atomic mass is 10.3. The molecule has 0 aromatic carbocycles. The fourth-order valence-electron chi connectivity index (χ4n) is 1.18. The van der Waals surface area contributed by atoms with Crippen molar-refractivity contribution in [3.8, 4) is 5.82 Å². The molecule has 0 radical (unpaired) electrons. The van der Waals surface area contributed by atoms with Crippen molar-refractivity contribution in [2.75, 3.05) is 0 Å². The van der Waals surface area contributed by atoms with E-state index >= 15 is 0 Å². The number of nitrogens with two attached hydrogens (primary N) is 1. The number of rotatable bonds is 2. The molecule has 0 fully saturated rings. The maximum absolute atomic E-state index is 5.75. The highest BCUT2D eigenvalue weighted by atomic mass is 35.5. The van der Waals surface area contributed by atoms with Crippen LogP contribution < -0.4 is 5.73 Å². The predicted molar refractivity (Wildman–Crippen MR) is 54.6 cm³/mol. The van der Waals surface area contributed by atoms with Gasteiger partial charge in [0.1, 0.15) is 17.8 Å². The maximum Gasteiger partial charge on any atom is 0.160 e. The van der Waals surface area contributed by atoms with Crippen LogP contribution in [0.1, 0.15) is 18.8 Å². The van der Waals surface area contributed by atoms with E-state index in [0.29, 0.717) is 16.8 Å². The minimum absolute atomic E-state index is 0.221. The average Bonchev–Trinajstić information content (AvgIpc) is 2.65. The summed E-state index contributed by atoms with van der Waals surface area (Å²) in [7, 11) is 0. The van der Waals surface area contributed by atoms with Crippen LogP contribution in [0.4, 0.5) is 0 Å². The minimum atomic E-state index is -0.221. The summed E-state index contributed by atoms with van der Waals surface area (Å²) >= 11 is 5.75. The Labute approximate surface area is 91.1 Å². The molecule has 0 aliphatic carbocycles. The van der Waals surface area contributed by atoms with Crippen LogP contribution in [0.3, 0.4) is 0 Å². The lowest BCUT2D eigenvalue weighted by molar-refractivity contribution is 0.679. The highest BCUT2D eigenvalue weighted by Gasteiger charge is 2.11. The molecule has 2 aromatic heterocycles. The first-order valence-corrected chi connectivity index (χ1v) is 4.69. The van der Waals surface area contributed by atoms with Gasteiger partial charge in [0.05, 0.1) is 6.04 Å². The standard InChI is InChI=1S/C8H9ClN6/c1-5(10)8-13-4-14-15(8)7-2-6(9)11-3-12-7/h2-5H,10H2,1H3/t5-/m0/s1. The number of hydrogen-bond donors (Lipinski definition) is 1. The summed E-state index contributed by atoms with van der Waals surface area (Å²) in [6, 6.07) is 1.38. The van der Waals surface area contributed by atoms with Crippen molar-refractivity contribution < 1.29 is 0 Å². The highest BCUT2D eigenvalue weighted by molar-refractivity contribution is 6.29. The Kier molecular flexibility index (Phi) is 2.61. The minimum Gasteiger partial charge on any atom is -0.322 e. The molecule has 0 saturated heterocycles. The Morgan fingerprint density at radius 2 is 2.13 bits per heavy atom. The monoisotopic (exact) mass is 224 g/mol. The summed E-state index contributed by atoms with van der Waals surface area (Å²) in [5.41, 5.74) is 5.73. The molecule has 6 nitrogen and oxygen atoms in total. The van der Waals surface area contributed by atoms with Crippen molar-refractivity contribution in [3.63, 3.8) is 0 Å².